The molecule has 0 bridgehead atoms. The zero-order valence-electron chi connectivity index (χ0n) is 67.3. The molecule has 4 aliphatic rings. The summed E-state index contributed by atoms with van der Waals surface area (Å²) in [5, 5.41) is 1.66. The molecule has 0 saturated carbocycles. The van der Waals surface area contributed by atoms with E-state index in [1.54, 1.807) is 91.2 Å². The summed E-state index contributed by atoms with van der Waals surface area (Å²) in [6.45, 7) is 35.2. The summed E-state index contributed by atoms with van der Waals surface area (Å²) in [7, 11) is 0. The van der Waals surface area contributed by atoms with E-state index in [4.69, 9.17) is 56.2 Å². The maximum Gasteiger partial charge on any atom is 0.336 e. The fourth-order valence-electron chi connectivity index (χ4n) is 9.83. The van der Waals surface area contributed by atoms with Gasteiger partial charge in [-0.15, -0.1) is 0 Å². The van der Waals surface area contributed by atoms with Crippen LogP contribution in [-0.2, 0) is 57.6 Å². The Labute approximate surface area is 737 Å². The van der Waals surface area contributed by atoms with E-state index in [0.717, 1.165) is 65.5 Å². The van der Waals surface area contributed by atoms with E-state index in [1.165, 1.54) is 6.07 Å². The minimum Gasteiger partial charge on any atom is -0.493 e. The van der Waals surface area contributed by atoms with Crippen molar-refractivity contribution < 1.29 is 99.4 Å². The Balaban J connectivity index is -0.000000328. The largest absolute Gasteiger partial charge is 0.493 e. The van der Waals surface area contributed by atoms with Crippen LogP contribution in [0.4, 0.5) is 0 Å². The van der Waals surface area contributed by atoms with Crippen LogP contribution in [0.5, 0.6) is 57.5 Å². The quantitative estimate of drug-likeness (QED) is 0.0438. The van der Waals surface area contributed by atoms with Crippen LogP contribution < -0.4 is 53.0 Å². The van der Waals surface area contributed by atoms with Crippen molar-refractivity contribution in [2.45, 2.75) is 297 Å². The number of fused-ring (bicyclic) bond motifs is 6. The van der Waals surface area contributed by atoms with Crippen LogP contribution >= 0.6 is 0 Å². The predicted octanol–water partition coefficient (Wildman–Crippen LogP) is 26.6. The zero-order chi connectivity index (χ0) is 81.8. The molecule has 0 amide bonds. The van der Waals surface area contributed by atoms with E-state index in [-0.39, 0.29) is 143 Å². The lowest BCUT2D eigenvalue weighted by atomic mass is 9.91. The minimum absolute atomic E-state index is 0. The molecule has 0 radical (unpaired) electrons. The van der Waals surface area contributed by atoms with Crippen LogP contribution in [0.1, 0.15) is 305 Å². The maximum atomic E-state index is 12.0. The van der Waals surface area contributed by atoms with Gasteiger partial charge in [0.1, 0.15) is 57.3 Å². The fourth-order valence-corrected chi connectivity index (χ4v) is 9.83. The van der Waals surface area contributed by atoms with Crippen LogP contribution in [0.25, 0.3) is 21.9 Å². The van der Waals surface area contributed by atoms with Crippen LogP contribution in [0.2, 0.25) is 0 Å². The van der Waals surface area contributed by atoms with E-state index in [0.29, 0.717) is 133 Å². The molecule has 12 rings (SSSR count). The number of ketones is 1. The summed E-state index contributed by atoms with van der Waals surface area (Å²) in [4.78, 5) is 117. The molecule has 2 aromatic heterocycles. The number of esters is 8. The summed E-state index contributed by atoms with van der Waals surface area (Å²) in [6.07, 6.45) is 10.3. The summed E-state index contributed by atoms with van der Waals surface area (Å²) < 4.78 is 63.7. The van der Waals surface area contributed by atoms with Gasteiger partial charge in [0.15, 0.2) is 17.1 Å². The highest BCUT2D eigenvalue weighted by Gasteiger charge is 2.34. The number of carbonyl (C=O) groups excluding carboxylic acids is 9. The second kappa shape index (κ2) is 53.9. The van der Waals surface area contributed by atoms with Gasteiger partial charge in [0.05, 0.1) is 70.4 Å². The topological polar surface area (TPSA) is 289 Å². The first-order chi connectivity index (χ1) is 52.3. The third-order valence-electron chi connectivity index (χ3n) is 20.3. The van der Waals surface area contributed by atoms with Crippen molar-refractivity contribution in [3.05, 3.63) is 166 Å². The number of ether oxygens (including phenoxy) is 10. The highest BCUT2D eigenvalue weighted by atomic mass is 16.6. The van der Waals surface area contributed by atoms with E-state index >= 15 is 0 Å². The van der Waals surface area contributed by atoms with Crippen molar-refractivity contribution in [2.75, 3.05) is 13.2 Å². The summed E-state index contributed by atoms with van der Waals surface area (Å²) in [5.74, 6) is 3.45. The molecule has 0 N–H and O–H groups in total. The summed E-state index contributed by atoms with van der Waals surface area (Å²) in [5.41, 5.74) is 1.20. The number of carbonyl (C=O) groups is 9. The lowest BCUT2D eigenvalue weighted by Crippen LogP contribution is -2.28. The van der Waals surface area contributed by atoms with Gasteiger partial charge in [-0.1, -0.05) is 149 Å². The Morgan fingerprint density at radius 3 is 1.19 bits per heavy atom. The monoisotopic (exact) mass is 1720 g/mol. The molecule has 22 nitrogen and oxygen atoms in total. The molecule has 0 atom stereocenters. The molecule has 6 aromatic carbocycles. The second-order valence-corrected chi connectivity index (χ2v) is 31.2. The molecule has 690 valence electrons. The lowest BCUT2D eigenvalue weighted by molar-refractivity contribution is -0.144. The Bertz CT molecular complexity index is 4730. The highest BCUT2D eigenvalue weighted by molar-refractivity contribution is 6.00. The van der Waals surface area contributed by atoms with E-state index in [9.17, 15) is 47.9 Å². The number of benzene rings is 6. The highest BCUT2D eigenvalue weighted by Crippen LogP contribution is 2.37. The molecule has 0 unspecified atom stereocenters. The molecule has 123 heavy (non-hydrogen) atoms. The molecule has 0 aliphatic carbocycles. The zero-order valence-corrected chi connectivity index (χ0v) is 67.3. The van der Waals surface area contributed by atoms with Gasteiger partial charge in [-0.05, 0) is 261 Å². The van der Waals surface area contributed by atoms with Crippen LogP contribution in [-0.4, -0.2) is 66.8 Å². The predicted molar refractivity (Wildman–Crippen MR) is 500 cm³/mol. The first-order valence-corrected chi connectivity index (χ1v) is 37.8. The first kappa shape index (κ1) is 123. The van der Waals surface area contributed by atoms with Gasteiger partial charge in [-0.3, -0.25) is 43.2 Å². The molecule has 0 spiro atoms. The second-order valence-electron chi connectivity index (χ2n) is 31.2. The minimum atomic E-state index is -0.531. The number of hydrogen-bond acceptors (Lipinski definition) is 22. The van der Waals surface area contributed by atoms with Crippen LogP contribution in [0, 0.1) is 32.5 Å². The smallest absolute Gasteiger partial charge is 0.336 e. The Hall–Kier alpha value is -10.9. The third kappa shape index (κ3) is 34.4. The van der Waals surface area contributed by atoms with Gasteiger partial charge in [0, 0.05) is 29.3 Å². The number of hydrogen-bond donors (Lipinski definition) is 0. The Morgan fingerprint density at radius 1 is 0.333 bits per heavy atom. The Morgan fingerprint density at radius 2 is 0.715 bits per heavy atom. The van der Waals surface area contributed by atoms with Gasteiger partial charge in [0.2, 0.25) is 0 Å². The number of furan rings is 1. The van der Waals surface area contributed by atoms with Gasteiger partial charge in [-0.2, -0.15) is 0 Å². The molecule has 22 heteroatoms. The Kier molecular flexibility index (Phi) is 53.8. The normalized spacial score (nSPS) is 12.3. The number of para-hydroxylation sites is 1. The van der Waals surface area contributed by atoms with Gasteiger partial charge < -0.3 is 56.2 Å². The number of rotatable bonds is 18. The van der Waals surface area contributed by atoms with E-state index < -0.39 is 38.1 Å². The van der Waals surface area contributed by atoms with Crippen LogP contribution in [0.3, 0.4) is 0 Å². The molecular weight excluding hydrogens is 1570 g/mol. The number of aryl methyl sites for hydroxylation is 3. The van der Waals surface area contributed by atoms with Crippen molar-refractivity contribution in [3.63, 3.8) is 0 Å². The molecular formula is C101H154O22. The van der Waals surface area contributed by atoms with Crippen molar-refractivity contribution in [1.82, 2.24) is 0 Å². The third-order valence-corrected chi connectivity index (χ3v) is 20.3. The summed E-state index contributed by atoms with van der Waals surface area (Å²) >= 11 is 0. The first-order valence-electron chi connectivity index (χ1n) is 37.8. The van der Waals surface area contributed by atoms with Crippen molar-refractivity contribution >= 4 is 75.5 Å². The number of Topliss-reactive ketones (excluding diaryl/α,β-unsaturated/α-hetero) is 1. The SMILES string of the molecule is C.C.C.C.C.C.C.C.C.C.C.C.CCC(C)(C)C(=O)Oc1ccc2c(c1)C(=O)CCO2.CCC(C)(C)C(=O)Oc1ccc2c(c1)CCC(=O)O2.CCC(C)(C)C(=O)Oc1ccc2c(c1)CCCO2.CCC(C)(C)C(=O)Oc1ccc2c(c1)OC(=O)CC2.CCC(C)(C)C(=O)Oc1ccc2oc(=O)ccc2c1.CCC(C)(C)C(=O)Oc1cccc2ccoc12. The van der Waals surface area contributed by atoms with Gasteiger partial charge in [0.25, 0.3) is 0 Å². The van der Waals surface area contributed by atoms with Crippen molar-refractivity contribution in [2.24, 2.45) is 32.5 Å². The molecule has 8 aromatic rings. The van der Waals surface area contributed by atoms with E-state index in [2.05, 4.69) is 0 Å². The molecule has 0 fully saturated rings. The molecule has 0 saturated heterocycles. The maximum absolute atomic E-state index is 12.0. The molecule has 4 aliphatic heterocycles. The van der Waals surface area contributed by atoms with Crippen molar-refractivity contribution in [3.8, 4) is 57.5 Å². The average Bonchev–Trinajstić information content (AvgIpc) is 1.82. The van der Waals surface area contributed by atoms with Gasteiger partial charge in [-0.25, -0.2) is 4.79 Å². The van der Waals surface area contributed by atoms with E-state index in [1.807, 2.05) is 161 Å². The summed E-state index contributed by atoms with van der Waals surface area (Å²) in [6, 6.07) is 36.1. The van der Waals surface area contributed by atoms with Gasteiger partial charge >= 0.3 is 53.4 Å². The molecule has 6 heterocycles. The average molecular weight is 1720 g/mol. The fraction of sp³-hybridized carbons (Fsp3) is 0.505. The van der Waals surface area contributed by atoms with Crippen LogP contribution in [0.15, 0.2) is 147 Å². The lowest BCUT2D eigenvalue weighted by Gasteiger charge is -2.21. The van der Waals surface area contributed by atoms with Crippen molar-refractivity contribution in [1.29, 1.82) is 0 Å². The standard InChI is InChI=1S/C15H18O4.C15H16O4.2C15H18O4.C15H20O3.C14H16O3.12CH4/c2*1-4-15(2,3)14(17)18-11-6-7-12-10(9-11)5-8-13(16)19-12;1-4-15(2,3)14(17)18-11-7-5-10-6-8-13(16)19-12(10)9-11;1-4-15(2,3)14(17)19-10-5-6-13-11(9-10)12(16)7-8-18-13;1-4-15(2,3)14(16)18-12-7-8-13-11(10-12)6-5-9-17-13;1-4-14(2,3)13(15)17-11-7-5-6-10-8-9-16-12(10)11;;;;;;;;;;;;/h6-7,9H,4-5,8H2,1-3H3;5-9H,4H2,1-3H3;5,7,9H,4,6,8H2,1-3H3;5-6,9H,4,7-8H2,1-3H3;7-8,10H,4-6,9H2,1-3H3;5-9H,4H2,1-3H3;12*1H4.